The van der Waals surface area contributed by atoms with E-state index < -0.39 is 11.6 Å². The van der Waals surface area contributed by atoms with Crippen molar-refractivity contribution in [2.24, 2.45) is 0 Å². The van der Waals surface area contributed by atoms with Gasteiger partial charge in [0.25, 0.3) is 0 Å². The maximum Gasteiger partial charge on any atom is 0.214 e. The molecule has 2 rings (SSSR count). The predicted octanol–water partition coefficient (Wildman–Crippen LogP) is 2.85. The highest BCUT2D eigenvalue weighted by Gasteiger charge is 2.14. The van der Waals surface area contributed by atoms with Gasteiger partial charge in [-0.1, -0.05) is 0 Å². The summed E-state index contributed by atoms with van der Waals surface area (Å²) in [5.74, 6) is -0.372. The van der Waals surface area contributed by atoms with E-state index in [2.05, 4.69) is 4.98 Å². The first-order chi connectivity index (χ1) is 8.72. The van der Waals surface area contributed by atoms with Gasteiger partial charge in [-0.3, -0.25) is 4.79 Å². The second-order valence-electron chi connectivity index (χ2n) is 3.62. The number of ether oxygens (including phenoxy) is 1. The number of carbonyl (C=O) groups is 1. The zero-order valence-corrected chi connectivity index (χ0v) is 9.89. The first kappa shape index (κ1) is 12.2. The number of pyridine rings is 1. The Morgan fingerprint density at radius 2 is 2.00 bits per heavy atom. The monoisotopic (exact) mass is 245 g/mol. The Kier molecular flexibility index (Phi) is 3.67. The Morgan fingerprint density at radius 3 is 2.61 bits per heavy atom. The van der Waals surface area contributed by atoms with Gasteiger partial charge in [-0.2, -0.15) is 0 Å². The average Bonchev–Trinajstić information content (AvgIpc) is 2.40. The quantitative estimate of drug-likeness (QED) is 0.777. The molecule has 0 aliphatic rings. The van der Waals surface area contributed by atoms with E-state index in [1.54, 1.807) is 24.3 Å². The van der Waals surface area contributed by atoms with Gasteiger partial charge < -0.3 is 4.74 Å². The van der Waals surface area contributed by atoms with E-state index >= 15 is 0 Å². The largest absolute Gasteiger partial charge is 0.494 e. The van der Waals surface area contributed by atoms with Crippen LogP contribution in [0.25, 0.3) is 0 Å². The van der Waals surface area contributed by atoms with Gasteiger partial charge >= 0.3 is 0 Å². The topological polar surface area (TPSA) is 39.2 Å². The fourth-order valence-electron chi connectivity index (χ4n) is 1.56. The number of halogens is 1. The molecule has 0 radical (unpaired) electrons. The summed E-state index contributed by atoms with van der Waals surface area (Å²) < 4.78 is 18.7. The fourth-order valence-corrected chi connectivity index (χ4v) is 1.56. The standard InChI is InChI=1S/C14H12FNO2/c1-2-18-11-7-5-10(6-8-11)14(17)13-12(15)4-3-9-16-13/h3-9H,2H2,1H3. The minimum Gasteiger partial charge on any atom is -0.494 e. The molecule has 0 spiro atoms. The van der Waals surface area contributed by atoms with Crippen LogP contribution in [0, 0.1) is 5.82 Å². The number of benzene rings is 1. The van der Waals surface area contributed by atoms with Crippen molar-refractivity contribution in [3.8, 4) is 5.75 Å². The van der Waals surface area contributed by atoms with E-state index in [0.29, 0.717) is 17.9 Å². The van der Waals surface area contributed by atoms with Crippen LogP contribution in [0.2, 0.25) is 0 Å². The zero-order chi connectivity index (χ0) is 13.0. The summed E-state index contributed by atoms with van der Waals surface area (Å²) in [6, 6.07) is 9.22. The van der Waals surface area contributed by atoms with Gasteiger partial charge in [0.05, 0.1) is 6.61 Å². The molecule has 1 aromatic heterocycles. The van der Waals surface area contributed by atoms with Crippen LogP contribution in [0.1, 0.15) is 23.0 Å². The van der Waals surface area contributed by atoms with Gasteiger partial charge in [0, 0.05) is 11.8 Å². The molecule has 92 valence electrons. The van der Waals surface area contributed by atoms with Gasteiger partial charge in [-0.05, 0) is 43.3 Å². The van der Waals surface area contributed by atoms with E-state index in [-0.39, 0.29) is 5.69 Å². The summed E-state index contributed by atoms with van der Waals surface area (Å²) in [5, 5.41) is 0. The average molecular weight is 245 g/mol. The molecule has 1 heterocycles. The Bertz CT molecular complexity index is 552. The first-order valence-corrected chi connectivity index (χ1v) is 5.60. The summed E-state index contributed by atoms with van der Waals surface area (Å²) in [5.41, 5.74) is 0.220. The van der Waals surface area contributed by atoms with Crippen molar-refractivity contribution in [3.05, 3.63) is 59.7 Å². The highest BCUT2D eigenvalue weighted by atomic mass is 19.1. The number of hydrogen-bond donors (Lipinski definition) is 0. The molecule has 0 N–H and O–H groups in total. The van der Waals surface area contributed by atoms with E-state index in [9.17, 15) is 9.18 Å². The normalized spacial score (nSPS) is 10.1. The second-order valence-corrected chi connectivity index (χ2v) is 3.62. The smallest absolute Gasteiger partial charge is 0.214 e. The summed E-state index contributed by atoms with van der Waals surface area (Å²) in [7, 11) is 0. The number of nitrogens with zero attached hydrogens (tertiary/aromatic N) is 1. The number of aromatic nitrogens is 1. The first-order valence-electron chi connectivity index (χ1n) is 5.60. The van der Waals surface area contributed by atoms with Gasteiger partial charge in [0.2, 0.25) is 5.78 Å². The Hall–Kier alpha value is -2.23. The summed E-state index contributed by atoms with van der Waals surface area (Å²) >= 11 is 0. The lowest BCUT2D eigenvalue weighted by Crippen LogP contribution is -2.06. The third kappa shape index (κ3) is 2.53. The van der Waals surface area contributed by atoms with E-state index in [1.807, 2.05) is 6.92 Å². The minimum absolute atomic E-state index is 0.165. The van der Waals surface area contributed by atoms with Gasteiger partial charge in [-0.15, -0.1) is 0 Å². The molecule has 18 heavy (non-hydrogen) atoms. The maximum absolute atomic E-state index is 13.4. The zero-order valence-electron chi connectivity index (χ0n) is 9.89. The maximum atomic E-state index is 13.4. The van der Waals surface area contributed by atoms with Crippen LogP contribution >= 0.6 is 0 Å². The van der Waals surface area contributed by atoms with E-state index in [1.165, 1.54) is 18.3 Å². The highest BCUT2D eigenvalue weighted by Crippen LogP contribution is 2.15. The number of carbonyl (C=O) groups excluding carboxylic acids is 1. The molecule has 0 amide bonds. The molecule has 0 unspecified atom stereocenters. The molecular formula is C14H12FNO2. The SMILES string of the molecule is CCOc1ccc(C(=O)c2ncccc2F)cc1. The van der Waals surface area contributed by atoms with E-state index in [4.69, 9.17) is 4.74 Å². The number of ketones is 1. The van der Waals surface area contributed by atoms with Crippen LogP contribution in [0.4, 0.5) is 4.39 Å². The summed E-state index contributed by atoms with van der Waals surface area (Å²) in [4.78, 5) is 15.8. The molecular weight excluding hydrogens is 233 g/mol. The molecule has 0 aliphatic carbocycles. The molecule has 0 aliphatic heterocycles. The van der Waals surface area contributed by atoms with Gasteiger partial charge in [-0.25, -0.2) is 9.37 Å². The lowest BCUT2D eigenvalue weighted by Gasteiger charge is -2.04. The van der Waals surface area contributed by atoms with Crippen molar-refractivity contribution < 1.29 is 13.9 Å². The molecule has 2 aromatic rings. The third-order valence-corrected chi connectivity index (χ3v) is 2.40. The van der Waals surface area contributed by atoms with E-state index in [0.717, 1.165) is 0 Å². The van der Waals surface area contributed by atoms with Crippen molar-refractivity contribution in [2.45, 2.75) is 6.92 Å². The van der Waals surface area contributed by atoms with Crippen LogP contribution in [0.3, 0.4) is 0 Å². The fraction of sp³-hybridized carbons (Fsp3) is 0.143. The molecule has 4 heteroatoms. The van der Waals surface area contributed by atoms with Crippen LogP contribution in [0.15, 0.2) is 42.6 Å². The van der Waals surface area contributed by atoms with Crippen molar-refractivity contribution in [1.82, 2.24) is 4.98 Å². The number of hydrogen-bond acceptors (Lipinski definition) is 3. The molecule has 0 bridgehead atoms. The Balaban J connectivity index is 2.27. The van der Waals surface area contributed by atoms with Gasteiger partial charge in [0.15, 0.2) is 5.82 Å². The minimum atomic E-state index is -0.614. The number of rotatable bonds is 4. The van der Waals surface area contributed by atoms with Crippen LogP contribution in [-0.4, -0.2) is 17.4 Å². The Labute approximate surface area is 104 Å². The lowest BCUT2D eigenvalue weighted by molar-refractivity contribution is 0.103. The molecule has 0 fully saturated rings. The molecule has 0 saturated carbocycles. The summed E-state index contributed by atoms with van der Waals surface area (Å²) in [6.45, 7) is 2.44. The molecule has 0 saturated heterocycles. The van der Waals surface area contributed by atoms with Crippen molar-refractivity contribution in [2.75, 3.05) is 6.61 Å². The van der Waals surface area contributed by atoms with Crippen molar-refractivity contribution >= 4 is 5.78 Å². The highest BCUT2D eigenvalue weighted by molar-refractivity contribution is 6.07. The molecule has 1 aromatic carbocycles. The predicted molar refractivity (Wildman–Crippen MR) is 65.2 cm³/mol. The van der Waals surface area contributed by atoms with Crippen molar-refractivity contribution in [1.29, 1.82) is 0 Å². The summed E-state index contributed by atoms with van der Waals surface area (Å²) in [6.07, 6.45) is 1.39. The molecule has 0 atom stereocenters. The molecule has 3 nitrogen and oxygen atoms in total. The van der Waals surface area contributed by atoms with Crippen LogP contribution in [-0.2, 0) is 0 Å². The lowest BCUT2D eigenvalue weighted by atomic mass is 10.1. The van der Waals surface area contributed by atoms with Gasteiger partial charge in [0.1, 0.15) is 11.4 Å². The third-order valence-electron chi connectivity index (χ3n) is 2.40. The van der Waals surface area contributed by atoms with Crippen LogP contribution in [0.5, 0.6) is 5.75 Å². The van der Waals surface area contributed by atoms with Crippen molar-refractivity contribution in [3.63, 3.8) is 0 Å². The Morgan fingerprint density at radius 1 is 1.28 bits per heavy atom. The second kappa shape index (κ2) is 5.40. The van der Waals surface area contributed by atoms with Crippen LogP contribution < -0.4 is 4.74 Å².